The van der Waals surface area contributed by atoms with Crippen LogP contribution >= 0.6 is 0 Å². The third kappa shape index (κ3) is 5.81. The summed E-state index contributed by atoms with van der Waals surface area (Å²) in [5.74, 6) is -0.326. The first-order valence-electron chi connectivity index (χ1n) is 10.9. The van der Waals surface area contributed by atoms with E-state index in [1.165, 1.54) is 38.4 Å². The van der Waals surface area contributed by atoms with Gasteiger partial charge in [-0.05, 0) is 62.6 Å². The van der Waals surface area contributed by atoms with Gasteiger partial charge in [-0.25, -0.2) is 21.1 Å². The second-order valence-corrected chi connectivity index (χ2v) is 12.5. The Labute approximate surface area is 196 Å². The Morgan fingerprint density at radius 3 is 2.18 bits per heavy atom. The molecule has 3 rings (SSSR count). The molecule has 1 heterocycles. The highest BCUT2D eigenvalue weighted by Gasteiger charge is 2.33. The predicted molar refractivity (Wildman–Crippen MR) is 127 cm³/mol. The van der Waals surface area contributed by atoms with Crippen LogP contribution in [0.1, 0.15) is 41.6 Å². The smallest absolute Gasteiger partial charge is 0.251 e. The minimum absolute atomic E-state index is 0.114. The van der Waals surface area contributed by atoms with Crippen molar-refractivity contribution in [2.24, 2.45) is 0 Å². The van der Waals surface area contributed by atoms with Gasteiger partial charge >= 0.3 is 0 Å². The van der Waals surface area contributed by atoms with Gasteiger partial charge < -0.3 is 5.32 Å². The number of rotatable bonds is 8. The highest BCUT2D eigenvalue weighted by atomic mass is 32.2. The lowest BCUT2D eigenvalue weighted by molar-refractivity contribution is 0.0949. The summed E-state index contributed by atoms with van der Waals surface area (Å²) in [4.78, 5) is 12.9. The zero-order valence-corrected chi connectivity index (χ0v) is 20.8. The second kappa shape index (κ2) is 10.3. The number of carbonyl (C=O) groups excluding carboxylic acids is 1. The van der Waals surface area contributed by atoms with E-state index in [4.69, 9.17) is 0 Å². The quantitative estimate of drug-likeness (QED) is 0.609. The Morgan fingerprint density at radius 1 is 0.970 bits per heavy atom. The van der Waals surface area contributed by atoms with E-state index in [-0.39, 0.29) is 21.7 Å². The molecule has 1 aliphatic heterocycles. The van der Waals surface area contributed by atoms with Gasteiger partial charge in [0.15, 0.2) is 0 Å². The first-order chi connectivity index (χ1) is 15.5. The fourth-order valence-electron chi connectivity index (χ4n) is 3.87. The third-order valence-corrected chi connectivity index (χ3v) is 9.65. The molecule has 1 aliphatic rings. The normalized spacial score (nSPS) is 17.8. The molecule has 1 amide bonds. The molecule has 1 fully saturated rings. The van der Waals surface area contributed by atoms with Gasteiger partial charge in [0.1, 0.15) is 0 Å². The Kier molecular flexibility index (Phi) is 7.94. The topological polar surface area (TPSA) is 104 Å². The van der Waals surface area contributed by atoms with Crippen molar-refractivity contribution in [2.45, 2.75) is 48.4 Å². The minimum Gasteiger partial charge on any atom is -0.352 e. The van der Waals surface area contributed by atoms with Crippen LogP contribution in [0.3, 0.4) is 0 Å². The van der Waals surface area contributed by atoms with Crippen molar-refractivity contribution < 1.29 is 21.6 Å². The van der Waals surface area contributed by atoms with Crippen LogP contribution < -0.4 is 5.32 Å². The Balaban J connectivity index is 1.62. The average Bonchev–Trinajstić information content (AvgIpc) is 2.79. The molecule has 1 unspecified atom stereocenters. The molecule has 0 radical (unpaired) electrons. The van der Waals surface area contributed by atoms with E-state index in [0.29, 0.717) is 25.1 Å². The first kappa shape index (κ1) is 25.4. The van der Waals surface area contributed by atoms with E-state index >= 15 is 0 Å². The molecule has 0 bridgehead atoms. The molecule has 10 heteroatoms. The van der Waals surface area contributed by atoms with Crippen LogP contribution in [-0.2, 0) is 20.0 Å². The largest absolute Gasteiger partial charge is 0.352 e. The predicted octanol–water partition coefficient (Wildman–Crippen LogP) is 2.61. The third-order valence-electron chi connectivity index (χ3n) is 5.86. The lowest BCUT2D eigenvalue weighted by atomic mass is 10.0. The van der Waals surface area contributed by atoms with Gasteiger partial charge in [-0.15, -0.1) is 0 Å². The standard InChI is InChI=1S/C23H31N3O5S2/c1-18-7-11-22(12-8-18)33(30,31)26-17-5-4-6-20(26)15-16-24-23(27)19-9-13-21(14-10-19)32(28,29)25(2)3/h7-14,20H,4-6,15-17H2,1-3H3,(H,24,27). The zero-order valence-electron chi connectivity index (χ0n) is 19.2. The molecular formula is C23H31N3O5S2. The number of nitrogens with one attached hydrogen (secondary N) is 1. The van der Waals surface area contributed by atoms with E-state index in [2.05, 4.69) is 5.32 Å². The van der Waals surface area contributed by atoms with Gasteiger partial charge in [-0.2, -0.15) is 4.31 Å². The summed E-state index contributed by atoms with van der Waals surface area (Å²) in [6.45, 7) is 2.70. The Bertz CT molecular complexity index is 1180. The van der Waals surface area contributed by atoms with Crippen LogP contribution in [0.2, 0.25) is 0 Å². The number of hydrogen-bond acceptors (Lipinski definition) is 5. The molecule has 0 aliphatic carbocycles. The van der Waals surface area contributed by atoms with Gasteiger partial charge in [-0.3, -0.25) is 4.79 Å². The van der Waals surface area contributed by atoms with E-state index < -0.39 is 20.0 Å². The van der Waals surface area contributed by atoms with Gasteiger partial charge in [0.2, 0.25) is 20.0 Å². The Morgan fingerprint density at radius 2 is 1.58 bits per heavy atom. The van der Waals surface area contributed by atoms with Crippen LogP contribution in [0.15, 0.2) is 58.3 Å². The van der Waals surface area contributed by atoms with Crippen LogP contribution in [0.4, 0.5) is 0 Å². The Hall–Kier alpha value is -2.27. The van der Waals surface area contributed by atoms with Crippen LogP contribution in [0, 0.1) is 6.92 Å². The summed E-state index contributed by atoms with van der Waals surface area (Å²) in [5.41, 5.74) is 1.35. The minimum atomic E-state index is -3.60. The van der Waals surface area contributed by atoms with Crippen molar-refractivity contribution in [3.05, 3.63) is 59.7 Å². The van der Waals surface area contributed by atoms with E-state index in [9.17, 15) is 21.6 Å². The van der Waals surface area contributed by atoms with E-state index in [1.54, 1.807) is 28.6 Å². The lowest BCUT2D eigenvalue weighted by Crippen LogP contribution is -2.45. The maximum Gasteiger partial charge on any atom is 0.251 e. The number of piperidine rings is 1. The van der Waals surface area contributed by atoms with Crippen LogP contribution in [-0.4, -0.2) is 64.6 Å². The van der Waals surface area contributed by atoms with Gasteiger partial charge in [0.25, 0.3) is 5.91 Å². The van der Waals surface area contributed by atoms with Crippen molar-refractivity contribution >= 4 is 26.0 Å². The van der Waals surface area contributed by atoms with Crippen molar-refractivity contribution in [2.75, 3.05) is 27.2 Å². The number of aryl methyl sites for hydroxylation is 1. The van der Waals surface area contributed by atoms with Crippen molar-refractivity contribution in [1.29, 1.82) is 0 Å². The maximum atomic E-state index is 13.2. The molecule has 8 nitrogen and oxygen atoms in total. The molecule has 2 aromatic carbocycles. The number of amides is 1. The molecule has 180 valence electrons. The fraction of sp³-hybridized carbons (Fsp3) is 0.435. The highest BCUT2D eigenvalue weighted by molar-refractivity contribution is 7.89. The first-order valence-corrected chi connectivity index (χ1v) is 13.8. The average molecular weight is 494 g/mol. The summed E-state index contributed by atoms with van der Waals surface area (Å²) in [6, 6.07) is 12.4. The number of carbonyl (C=O) groups is 1. The summed E-state index contributed by atoms with van der Waals surface area (Å²) in [5, 5.41) is 2.83. The molecule has 1 atom stereocenters. The molecule has 33 heavy (non-hydrogen) atoms. The molecule has 0 aromatic heterocycles. The summed E-state index contributed by atoms with van der Waals surface area (Å²) in [7, 11) is -4.26. The van der Waals surface area contributed by atoms with Crippen molar-refractivity contribution in [3.8, 4) is 0 Å². The zero-order chi connectivity index (χ0) is 24.2. The number of hydrogen-bond donors (Lipinski definition) is 1. The summed E-state index contributed by atoms with van der Waals surface area (Å²) >= 11 is 0. The second-order valence-electron chi connectivity index (χ2n) is 8.43. The van der Waals surface area contributed by atoms with Crippen LogP contribution in [0.5, 0.6) is 0 Å². The SMILES string of the molecule is Cc1ccc(S(=O)(=O)N2CCCCC2CCNC(=O)c2ccc(S(=O)(=O)N(C)C)cc2)cc1. The van der Waals surface area contributed by atoms with Crippen molar-refractivity contribution in [1.82, 2.24) is 13.9 Å². The van der Waals surface area contributed by atoms with E-state index in [1.807, 2.05) is 6.92 Å². The fourth-order valence-corrected chi connectivity index (χ4v) is 6.49. The molecule has 0 spiro atoms. The molecule has 0 saturated carbocycles. The molecule has 2 aromatic rings. The molecule has 1 saturated heterocycles. The van der Waals surface area contributed by atoms with Gasteiger partial charge in [-0.1, -0.05) is 24.1 Å². The van der Waals surface area contributed by atoms with E-state index in [0.717, 1.165) is 29.1 Å². The summed E-state index contributed by atoms with van der Waals surface area (Å²) < 4.78 is 53.4. The molecule has 1 N–H and O–H groups in total. The maximum absolute atomic E-state index is 13.2. The summed E-state index contributed by atoms with van der Waals surface area (Å²) in [6.07, 6.45) is 3.01. The molecular weight excluding hydrogens is 462 g/mol. The number of sulfonamides is 2. The number of nitrogens with zero attached hydrogens (tertiary/aromatic N) is 2. The lowest BCUT2D eigenvalue weighted by Gasteiger charge is -2.34. The van der Waals surface area contributed by atoms with Crippen molar-refractivity contribution in [3.63, 3.8) is 0 Å². The monoisotopic (exact) mass is 493 g/mol. The van der Waals surface area contributed by atoms with Crippen LogP contribution in [0.25, 0.3) is 0 Å². The highest BCUT2D eigenvalue weighted by Crippen LogP contribution is 2.27. The van der Waals surface area contributed by atoms with Gasteiger partial charge in [0, 0.05) is 38.8 Å². The van der Waals surface area contributed by atoms with Gasteiger partial charge in [0.05, 0.1) is 9.79 Å². The number of benzene rings is 2.